The quantitative estimate of drug-likeness (QED) is 0.574. The van der Waals surface area contributed by atoms with Gasteiger partial charge in [-0.1, -0.05) is 6.92 Å². The van der Waals surface area contributed by atoms with Crippen LogP contribution >= 0.6 is 11.6 Å². The van der Waals surface area contributed by atoms with Gasteiger partial charge in [0.25, 0.3) is 0 Å². The maximum absolute atomic E-state index is 5.86. The van der Waals surface area contributed by atoms with Crippen LogP contribution in [0.4, 0.5) is 0 Å². The highest BCUT2D eigenvalue weighted by Crippen LogP contribution is 2.17. The van der Waals surface area contributed by atoms with Crippen LogP contribution in [0.1, 0.15) is 27.2 Å². The van der Waals surface area contributed by atoms with E-state index in [1.807, 2.05) is 20.8 Å². The number of nitrogens with two attached hydrogens (primary N) is 1. The Balaban J connectivity index is 3.62. The Kier molecular flexibility index (Phi) is 2.78. The van der Waals surface area contributed by atoms with Crippen LogP contribution in [0, 0.1) is 0 Å². The molecular weight excluding hydrogens is 122 g/mol. The Hall–Kier alpha value is 0.250. The predicted octanol–water partition coefficient (Wildman–Crippen LogP) is 1.74. The van der Waals surface area contributed by atoms with Gasteiger partial charge in [0.15, 0.2) is 0 Å². The average Bonchev–Trinajstić information content (AvgIpc) is 1.62. The van der Waals surface area contributed by atoms with Crippen molar-refractivity contribution in [2.45, 2.75) is 38.1 Å². The molecule has 0 fully saturated rings. The van der Waals surface area contributed by atoms with Crippen molar-refractivity contribution in [1.82, 2.24) is 0 Å². The molecule has 0 saturated carbocycles. The molecule has 0 aromatic carbocycles. The lowest BCUT2D eigenvalue weighted by molar-refractivity contribution is 0.514. The molecule has 1 atom stereocenters. The highest BCUT2D eigenvalue weighted by atomic mass is 35.5. The smallest absolute Gasteiger partial charge is 0.0541 e. The molecule has 1 unspecified atom stereocenters. The molecule has 0 aromatic heterocycles. The standard InChI is InChI=1S/C6H14ClN/c1-4-5(8)6(2,3)7/h5H,4,8H2,1-3H3. The summed E-state index contributed by atoms with van der Waals surface area (Å²) >= 11 is 5.86. The summed E-state index contributed by atoms with van der Waals surface area (Å²) in [4.78, 5) is -0.241. The van der Waals surface area contributed by atoms with Crippen LogP contribution < -0.4 is 5.73 Å². The maximum atomic E-state index is 5.86. The van der Waals surface area contributed by atoms with Gasteiger partial charge in [-0.2, -0.15) is 0 Å². The fourth-order valence-corrected chi connectivity index (χ4v) is 0.640. The van der Waals surface area contributed by atoms with Crippen LogP contribution in [0.3, 0.4) is 0 Å². The van der Waals surface area contributed by atoms with E-state index >= 15 is 0 Å². The largest absolute Gasteiger partial charge is 0.326 e. The van der Waals surface area contributed by atoms with Crippen molar-refractivity contribution in [2.24, 2.45) is 5.73 Å². The third-order valence-corrected chi connectivity index (χ3v) is 1.60. The van der Waals surface area contributed by atoms with Gasteiger partial charge < -0.3 is 5.73 Å². The van der Waals surface area contributed by atoms with Crippen LogP contribution in [0.15, 0.2) is 0 Å². The van der Waals surface area contributed by atoms with Gasteiger partial charge in [-0.3, -0.25) is 0 Å². The van der Waals surface area contributed by atoms with E-state index in [1.165, 1.54) is 0 Å². The number of halogens is 1. The number of rotatable bonds is 2. The van der Waals surface area contributed by atoms with Crippen LogP contribution in [0.2, 0.25) is 0 Å². The summed E-state index contributed by atoms with van der Waals surface area (Å²) in [5, 5.41) is 0. The first-order chi connectivity index (χ1) is 3.48. The number of alkyl halides is 1. The van der Waals surface area contributed by atoms with Gasteiger partial charge in [0.1, 0.15) is 0 Å². The topological polar surface area (TPSA) is 26.0 Å². The Morgan fingerprint density at radius 3 is 2.00 bits per heavy atom. The first kappa shape index (κ1) is 8.25. The van der Waals surface area contributed by atoms with Crippen LogP contribution in [0.5, 0.6) is 0 Å². The molecule has 1 nitrogen and oxygen atoms in total. The maximum Gasteiger partial charge on any atom is 0.0541 e. The molecule has 0 aliphatic heterocycles. The van der Waals surface area contributed by atoms with Gasteiger partial charge in [0.05, 0.1) is 4.87 Å². The SMILES string of the molecule is CCC(N)C(C)(C)Cl. The summed E-state index contributed by atoms with van der Waals surface area (Å²) in [5.74, 6) is 0. The van der Waals surface area contributed by atoms with E-state index < -0.39 is 0 Å². The lowest BCUT2D eigenvalue weighted by Gasteiger charge is -2.22. The molecule has 0 rings (SSSR count). The molecule has 0 aliphatic rings. The summed E-state index contributed by atoms with van der Waals surface area (Å²) in [6.07, 6.45) is 0.941. The van der Waals surface area contributed by atoms with Crippen molar-refractivity contribution in [2.75, 3.05) is 0 Å². The van der Waals surface area contributed by atoms with Crippen molar-refractivity contribution >= 4 is 11.6 Å². The third kappa shape index (κ3) is 2.53. The van der Waals surface area contributed by atoms with Gasteiger partial charge in [-0.05, 0) is 20.3 Å². The third-order valence-electron chi connectivity index (χ3n) is 1.32. The van der Waals surface area contributed by atoms with Crippen molar-refractivity contribution in [3.8, 4) is 0 Å². The summed E-state index contributed by atoms with van der Waals surface area (Å²) in [7, 11) is 0. The number of hydrogen-bond donors (Lipinski definition) is 1. The summed E-state index contributed by atoms with van der Waals surface area (Å²) in [6, 6.07) is 0.115. The van der Waals surface area contributed by atoms with Crippen LogP contribution in [0.25, 0.3) is 0 Å². The molecule has 0 spiro atoms. The highest BCUT2D eigenvalue weighted by Gasteiger charge is 2.20. The van der Waals surface area contributed by atoms with Crippen LogP contribution in [-0.4, -0.2) is 10.9 Å². The Bertz CT molecular complexity index is 65.4. The zero-order valence-electron chi connectivity index (χ0n) is 5.74. The van der Waals surface area contributed by atoms with Gasteiger partial charge in [-0.15, -0.1) is 11.6 Å². The highest BCUT2D eigenvalue weighted by molar-refractivity contribution is 6.23. The summed E-state index contributed by atoms with van der Waals surface area (Å²) in [5.41, 5.74) is 5.62. The molecule has 0 bridgehead atoms. The minimum Gasteiger partial charge on any atom is -0.326 e. The second-order valence-corrected chi connectivity index (χ2v) is 3.55. The fourth-order valence-electron chi connectivity index (χ4n) is 0.485. The Morgan fingerprint density at radius 1 is 1.62 bits per heavy atom. The van der Waals surface area contributed by atoms with E-state index in [4.69, 9.17) is 17.3 Å². The number of hydrogen-bond acceptors (Lipinski definition) is 1. The molecular formula is C6H14ClN. The fraction of sp³-hybridized carbons (Fsp3) is 1.00. The zero-order chi connectivity index (χ0) is 6.78. The second kappa shape index (κ2) is 2.70. The minimum absolute atomic E-state index is 0.115. The summed E-state index contributed by atoms with van der Waals surface area (Å²) in [6.45, 7) is 5.90. The van der Waals surface area contributed by atoms with E-state index in [9.17, 15) is 0 Å². The zero-order valence-corrected chi connectivity index (χ0v) is 6.50. The van der Waals surface area contributed by atoms with E-state index in [1.54, 1.807) is 0 Å². The van der Waals surface area contributed by atoms with E-state index in [0.717, 1.165) is 6.42 Å². The molecule has 0 radical (unpaired) electrons. The molecule has 50 valence electrons. The molecule has 0 heterocycles. The first-order valence-corrected chi connectivity index (χ1v) is 3.30. The minimum atomic E-state index is -0.241. The van der Waals surface area contributed by atoms with Crippen molar-refractivity contribution in [3.63, 3.8) is 0 Å². The monoisotopic (exact) mass is 135 g/mol. The molecule has 0 saturated heterocycles. The lowest BCUT2D eigenvalue weighted by Crippen LogP contribution is -2.37. The van der Waals surface area contributed by atoms with Gasteiger partial charge >= 0.3 is 0 Å². The van der Waals surface area contributed by atoms with Gasteiger partial charge in [-0.25, -0.2) is 0 Å². The van der Waals surface area contributed by atoms with E-state index in [0.29, 0.717) is 0 Å². The molecule has 2 N–H and O–H groups in total. The van der Waals surface area contributed by atoms with Crippen molar-refractivity contribution in [1.29, 1.82) is 0 Å². The van der Waals surface area contributed by atoms with Crippen LogP contribution in [-0.2, 0) is 0 Å². The normalized spacial score (nSPS) is 16.1. The van der Waals surface area contributed by atoms with Crippen molar-refractivity contribution in [3.05, 3.63) is 0 Å². The van der Waals surface area contributed by atoms with E-state index in [-0.39, 0.29) is 10.9 Å². The van der Waals surface area contributed by atoms with Gasteiger partial charge in [0, 0.05) is 6.04 Å². The van der Waals surface area contributed by atoms with Crippen molar-refractivity contribution < 1.29 is 0 Å². The lowest BCUT2D eigenvalue weighted by atomic mass is 10.0. The Labute approximate surface area is 56.2 Å². The first-order valence-electron chi connectivity index (χ1n) is 2.93. The van der Waals surface area contributed by atoms with E-state index in [2.05, 4.69) is 0 Å². The van der Waals surface area contributed by atoms with Gasteiger partial charge in [0.2, 0.25) is 0 Å². The molecule has 0 amide bonds. The average molecular weight is 136 g/mol. The predicted molar refractivity (Wildman–Crippen MR) is 38.2 cm³/mol. The molecule has 0 aliphatic carbocycles. The Morgan fingerprint density at radius 2 is 2.00 bits per heavy atom. The second-order valence-electron chi connectivity index (χ2n) is 2.58. The summed E-state index contributed by atoms with van der Waals surface area (Å²) < 4.78 is 0. The molecule has 0 aromatic rings. The molecule has 2 heteroatoms. The molecule has 8 heavy (non-hydrogen) atoms.